The second-order valence-electron chi connectivity index (χ2n) is 6.24. The highest BCUT2D eigenvalue weighted by molar-refractivity contribution is 5.92. The van der Waals surface area contributed by atoms with E-state index in [-0.39, 0.29) is 24.1 Å². The number of nitro groups is 1. The molecule has 1 amide bonds. The molecule has 0 saturated carbocycles. The molecule has 146 valence electrons. The minimum absolute atomic E-state index is 0.00826. The molecule has 9 nitrogen and oxygen atoms in total. The number of nitrogens with one attached hydrogen (secondary N) is 1. The average molecular weight is 386 g/mol. The number of ether oxygens (including phenoxy) is 3. The highest BCUT2D eigenvalue weighted by atomic mass is 16.7. The lowest BCUT2D eigenvalue weighted by Crippen LogP contribution is -2.31. The fourth-order valence-electron chi connectivity index (χ4n) is 2.70. The van der Waals surface area contributed by atoms with Crippen LogP contribution in [0.4, 0.5) is 5.69 Å². The lowest BCUT2D eigenvalue weighted by atomic mass is 10.1. The van der Waals surface area contributed by atoms with Crippen molar-refractivity contribution in [2.24, 2.45) is 0 Å². The third-order valence-corrected chi connectivity index (χ3v) is 4.25. The fraction of sp³-hybridized carbons (Fsp3) is 0.263. The van der Waals surface area contributed by atoms with Crippen LogP contribution in [0.1, 0.15) is 34.5 Å². The summed E-state index contributed by atoms with van der Waals surface area (Å²) in [4.78, 5) is 34.5. The van der Waals surface area contributed by atoms with Crippen LogP contribution in [-0.4, -0.2) is 30.2 Å². The zero-order chi connectivity index (χ0) is 20.3. The first-order chi connectivity index (χ1) is 13.3. The van der Waals surface area contributed by atoms with Crippen LogP contribution in [0.25, 0.3) is 0 Å². The Bertz CT molecular complexity index is 942. The molecule has 9 heteroatoms. The lowest BCUT2D eigenvalue weighted by Gasteiger charge is -2.15. The van der Waals surface area contributed by atoms with Crippen molar-refractivity contribution in [3.8, 4) is 11.5 Å². The summed E-state index contributed by atoms with van der Waals surface area (Å²) >= 11 is 0. The van der Waals surface area contributed by atoms with Gasteiger partial charge in [-0.15, -0.1) is 0 Å². The van der Waals surface area contributed by atoms with Crippen molar-refractivity contribution in [1.29, 1.82) is 0 Å². The van der Waals surface area contributed by atoms with Gasteiger partial charge in [0.15, 0.2) is 18.1 Å². The van der Waals surface area contributed by atoms with Crippen LogP contribution in [0.5, 0.6) is 11.5 Å². The zero-order valence-electron chi connectivity index (χ0n) is 15.3. The van der Waals surface area contributed by atoms with Gasteiger partial charge in [0.2, 0.25) is 6.79 Å². The van der Waals surface area contributed by atoms with Crippen LogP contribution in [0.15, 0.2) is 36.4 Å². The van der Waals surface area contributed by atoms with E-state index < -0.39 is 23.4 Å². The van der Waals surface area contributed by atoms with E-state index in [4.69, 9.17) is 14.2 Å². The van der Waals surface area contributed by atoms with Gasteiger partial charge in [-0.3, -0.25) is 14.9 Å². The van der Waals surface area contributed by atoms with Gasteiger partial charge < -0.3 is 19.5 Å². The molecule has 0 bridgehead atoms. The number of carbonyl (C=O) groups is 2. The van der Waals surface area contributed by atoms with Crippen LogP contribution < -0.4 is 14.8 Å². The van der Waals surface area contributed by atoms with Gasteiger partial charge in [0.05, 0.1) is 16.5 Å². The summed E-state index contributed by atoms with van der Waals surface area (Å²) in [5.74, 6) is -0.0662. The molecule has 0 aromatic heterocycles. The molecule has 1 heterocycles. The number of amides is 1. The molecule has 3 rings (SSSR count). The number of hydrogen-bond donors (Lipinski definition) is 1. The Labute approximate surface area is 160 Å². The molecule has 28 heavy (non-hydrogen) atoms. The Kier molecular flexibility index (Phi) is 5.44. The van der Waals surface area contributed by atoms with Crippen LogP contribution in [0.3, 0.4) is 0 Å². The number of nitrogens with zero attached hydrogens (tertiary/aromatic N) is 1. The molecule has 0 radical (unpaired) electrons. The van der Waals surface area contributed by atoms with E-state index in [9.17, 15) is 19.7 Å². The Hall–Kier alpha value is -3.62. The molecule has 0 spiro atoms. The van der Waals surface area contributed by atoms with E-state index in [2.05, 4.69) is 5.32 Å². The van der Waals surface area contributed by atoms with Gasteiger partial charge in [-0.25, -0.2) is 4.79 Å². The SMILES string of the molecule is Cc1ccc(C(=O)OCC(=O)N[C@@H](C)c2ccc3c(c2)OCO3)cc1[N+](=O)[O-]. The van der Waals surface area contributed by atoms with Crippen molar-refractivity contribution >= 4 is 17.6 Å². The third kappa shape index (κ3) is 4.20. The first-order valence-electron chi connectivity index (χ1n) is 8.46. The third-order valence-electron chi connectivity index (χ3n) is 4.25. The second-order valence-corrected chi connectivity index (χ2v) is 6.24. The minimum Gasteiger partial charge on any atom is -0.454 e. The predicted molar refractivity (Wildman–Crippen MR) is 97.2 cm³/mol. The van der Waals surface area contributed by atoms with Crippen molar-refractivity contribution in [3.05, 3.63) is 63.2 Å². The van der Waals surface area contributed by atoms with Gasteiger partial charge in [0.25, 0.3) is 11.6 Å². The quantitative estimate of drug-likeness (QED) is 0.461. The second kappa shape index (κ2) is 7.95. The summed E-state index contributed by atoms with van der Waals surface area (Å²) in [6.07, 6.45) is 0. The van der Waals surface area contributed by atoms with Gasteiger partial charge in [-0.05, 0) is 37.6 Å². The van der Waals surface area contributed by atoms with Crippen LogP contribution in [-0.2, 0) is 9.53 Å². The molecule has 1 aliphatic heterocycles. The number of benzene rings is 2. The maximum atomic E-state index is 12.1. The summed E-state index contributed by atoms with van der Waals surface area (Å²) in [6.45, 7) is 3.00. The molecule has 0 unspecified atom stereocenters. The summed E-state index contributed by atoms with van der Waals surface area (Å²) in [5, 5.41) is 13.7. The predicted octanol–water partition coefficient (Wildman–Crippen LogP) is 2.67. The fourth-order valence-corrected chi connectivity index (χ4v) is 2.70. The van der Waals surface area contributed by atoms with Crippen LogP contribution >= 0.6 is 0 Å². The van der Waals surface area contributed by atoms with Crippen molar-refractivity contribution in [2.45, 2.75) is 19.9 Å². The van der Waals surface area contributed by atoms with Gasteiger partial charge in [-0.2, -0.15) is 0 Å². The Morgan fingerprint density at radius 3 is 2.71 bits per heavy atom. The van der Waals surface area contributed by atoms with E-state index in [1.54, 1.807) is 32.0 Å². The Morgan fingerprint density at radius 2 is 1.96 bits per heavy atom. The van der Waals surface area contributed by atoms with Crippen LogP contribution in [0.2, 0.25) is 0 Å². The molecular weight excluding hydrogens is 368 g/mol. The van der Waals surface area contributed by atoms with Crippen LogP contribution in [0, 0.1) is 17.0 Å². The molecule has 1 aliphatic rings. The van der Waals surface area contributed by atoms with E-state index in [0.717, 1.165) is 11.6 Å². The van der Waals surface area contributed by atoms with Crippen molar-refractivity contribution < 1.29 is 28.7 Å². The van der Waals surface area contributed by atoms with Crippen molar-refractivity contribution in [3.63, 3.8) is 0 Å². The number of hydrogen-bond acceptors (Lipinski definition) is 7. The number of rotatable bonds is 6. The molecule has 0 fully saturated rings. The maximum Gasteiger partial charge on any atom is 0.338 e. The van der Waals surface area contributed by atoms with Crippen molar-refractivity contribution in [2.75, 3.05) is 13.4 Å². The topological polar surface area (TPSA) is 117 Å². The molecule has 0 saturated heterocycles. The van der Waals surface area contributed by atoms with E-state index in [0.29, 0.717) is 17.1 Å². The zero-order valence-corrected chi connectivity index (χ0v) is 15.3. The van der Waals surface area contributed by atoms with Gasteiger partial charge >= 0.3 is 5.97 Å². The average Bonchev–Trinajstić information content (AvgIpc) is 3.14. The highest BCUT2D eigenvalue weighted by Crippen LogP contribution is 2.34. The first-order valence-corrected chi connectivity index (χ1v) is 8.46. The molecule has 1 atom stereocenters. The number of aryl methyl sites for hydroxylation is 1. The first kappa shape index (κ1) is 19.2. The maximum absolute atomic E-state index is 12.1. The number of fused-ring (bicyclic) bond motifs is 1. The lowest BCUT2D eigenvalue weighted by molar-refractivity contribution is -0.385. The minimum atomic E-state index is -0.811. The van der Waals surface area contributed by atoms with E-state index in [1.807, 2.05) is 0 Å². The molecule has 2 aromatic rings. The van der Waals surface area contributed by atoms with Gasteiger partial charge in [-0.1, -0.05) is 12.1 Å². The highest BCUT2D eigenvalue weighted by Gasteiger charge is 2.19. The number of carbonyl (C=O) groups excluding carboxylic acids is 2. The summed E-state index contributed by atoms with van der Waals surface area (Å²) in [7, 11) is 0. The van der Waals surface area contributed by atoms with Crippen molar-refractivity contribution in [1.82, 2.24) is 5.32 Å². The molecule has 0 aliphatic carbocycles. The Morgan fingerprint density at radius 1 is 1.21 bits per heavy atom. The van der Waals surface area contributed by atoms with E-state index >= 15 is 0 Å². The molecule has 1 N–H and O–H groups in total. The van der Waals surface area contributed by atoms with Gasteiger partial charge in [0.1, 0.15) is 0 Å². The molecule has 2 aromatic carbocycles. The largest absolute Gasteiger partial charge is 0.454 e. The molecular formula is C19H18N2O7. The summed E-state index contributed by atoms with van der Waals surface area (Å²) in [6, 6.07) is 8.98. The standard InChI is InChI=1S/C19H18N2O7/c1-11-3-4-14(7-15(11)21(24)25)19(23)26-9-18(22)20-12(2)13-5-6-16-17(8-13)28-10-27-16/h3-8,12H,9-10H2,1-2H3,(H,20,22)/t12-/m0/s1. The number of nitro benzene ring substituents is 1. The smallest absolute Gasteiger partial charge is 0.338 e. The summed E-state index contributed by atoms with van der Waals surface area (Å²) in [5.41, 5.74) is 1.05. The monoisotopic (exact) mass is 386 g/mol. The number of esters is 1. The van der Waals surface area contributed by atoms with Gasteiger partial charge in [0, 0.05) is 11.6 Å². The van der Waals surface area contributed by atoms with E-state index in [1.165, 1.54) is 12.1 Å². The normalized spacial score (nSPS) is 12.9. The Balaban J connectivity index is 1.56. The summed E-state index contributed by atoms with van der Waals surface area (Å²) < 4.78 is 15.5.